The second-order valence-corrected chi connectivity index (χ2v) is 5.22. The summed E-state index contributed by atoms with van der Waals surface area (Å²) in [6.45, 7) is 5.49. The molecule has 16 heavy (non-hydrogen) atoms. The summed E-state index contributed by atoms with van der Waals surface area (Å²) in [6, 6.07) is 0. The summed E-state index contributed by atoms with van der Waals surface area (Å²) in [5.74, 6) is 0. The van der Waals surface area contributed by atoms with Crippen LogP contribution in [0, 0.1) is 0 Å². The molecular formula is C12H22O4. The van der Waals surface area contributed by atoms with Gasteiger partial charge in [-0.3, -0.25) is 0 Å². The number of hydrogen-bond donors (Lipinski definition) is 0. The molecule has 0 aromatic rings. The molecule has 1 aliphatic rings. The Balaban J connectivity index is 2.26. The molecule has 0 N–H and O–H groups in total. The van der Waals surface area contributed by atoms with E-state index in [1.165, 1.54) is 0 Å². The molecule has 0 heterocycles. The van der Waals surface area contributed by atoms with Crippen molar-refractivity contribution in [2.75, 3.05) is 7.11 Å². The zero-order valence-corrected chi connectivity index (χ0v) is 10.6. The molecule has 1 aliphatic carbocycles. The van der Waals surface area contributed by atoms with Crippen LogP contribution < -0.4 is 0 Å². The standard InChI is InChI=1S/C12H22O4/c1-12(2,3)16-11(13)15-10-7-5-9(14-4)6-8-10/h9-10H,5-8H2,1-4H3. The van der Waals surface area contributed by atoms with Crippen LogP contribution in [0.25, 0.3) is 0 Å². The first kappa shape index (κ1) is 13.3. The van der Waals surface area contributed by atoms with E-state index in [0.717, 1.165) is 25.7 Å². The third-order valence-electron chi connectivity index (χ3n) is 2.61. The normalized spacial score (nSPS) is 26.2. The number of hydrogen-bond acceptors (Lipinski definition) is 4. The Morgan fingerprint density at radius 1 is 1.06 bits per heavy atom. The molecule has 0 amide bonds. The van der Waals surface area contributed by atoms with Crippen molar-refractivity contribution in [2.24, 2.45) is 0 Å². The van der Waals surface area contributed by atoms with Gasteiger partial charge in [0.05, 0.1) is 6.10 Å². The van der Waals surface area contributed by atoms with Gasteiger partial charge in [0.2, 0.25) is 0 Å². The molecule has 0 aromatic heterocycles. The summed E-state index contributed by atoms with van der Waals surface area (Å²) in [5.41, 5.74) is -0.485. The topological polar surface area (TPSA) is 44.8 Å². The Labute approximate surface area is 97.2 Å². The summed E-state index contributed by atoms with van der Waals surface area (Å²) in [6.07, 6.45) is 3.36. The SMILES string of the molecule is COC1CCC(OC(=O)OC(C)(C)C)CC1. The Morgan fingerprint density at radius 2 is 1.56 bits per heavy atom. The molecule has 1 fully saturated rings. The Hall–Kier alpha value is -0.770. The van der Waals surface area contributed by atoms with Crippen LogP contribution in [0.2, 0.25) is 0 Å². The van der Waals surface area contributed by atoms with Crippen molar-refractivity contribution in [1.82, 2.24) is 0 Å². The zero-order valence-electron chi connectivity index (χ0n) is 10.6. The van der Waals surface area contributed by atoms with Gasteiger partial charge in [0.1, 0.15) is 11.7 Å². The number of carbonyl (C=O) groups excluding carboxylic acids is 1. The van der Waals surface area contributed by atoms with Crippen LogP contribution in [0.1, 0.15) is 46.5 Å². The lowest BCUT2D eigenvalue weighted by Gasteiger charge is -2.28. The van der Waals surface area contributed by atoms with Crippen LogP contribution in [0.3, 0.4) is 0 Å². The van der Waals surface area contributed by atoms with Gasteiger partial charge in [-0.15, -0.1) is 0 Å². The molecule has 0 aromatic carbocycles. The summed E-state index contributed by atoms with van der Waals surface area (Å²) in [4.78, 5) is 11.4. The van der Waals surface area contributed by atoms with Gasteiger partial charge in [-0.25, -0.2) is 4.79 Å². The molecule has 1 rings (SSSR count). The van der Waals surface area contributed by atoms with Gasteiger partial charge in [-0.05, 0) is 46.5 Å². The fourth-order valence-electron chi connectivity index (χ4n) is 1.80. The lowest BCUT2D eigenvalue weighted by atomic mass is 9.95. The highest BCUT2D eigenvalue weighted by atomic mass is 16.7. The zero-order chi connectivity index (χ0) is 12.2. The molecule has 0 radical (unpaired) electrons. The van der Waals surface area contributed by atoms with E-state index >= 15 is 0 Å². The van der Waals surface area contributed by atoms with E-state index in [9.17, 15) is 4.79 Å². The summed E-state index contributed by atoms with van der Waals surface area (Å²) in [5, 5.41) is 0. The average molecular weight is 230 g/mol. The molecule has 4 heteroatoms. The first-order chi connectivity index (χ1) is 7.40. The minimum Gasteiger partial charge on any atom is -0.431 e. The smallest absolute Gasteiger partial charge is 0.431 e. The van der Waals surface area contributed by atoms with Crippen LogP contribution in [-0.2, 0) is 14.2 Å². The average Bonchev–Trinajstić information content (AvgIpc) is 2.16. The Bertz CT molecular complexity index is 224. The van der Waals surface area contributed by atoms with Crippen molar-refractivity contribution in [3.63, 3.8) is 0 Å². The quantitative estimate of drug-likeness (QED) is 0.684. The van der Waals surface area contributed by atoms with Crippen molar-refractivity contribution >= 4 is 6.16 Å². The van der Waals surface area contributed by atoms with Crippen molar-refractivity contribution in [2.45, 2.75) is 64.3 Å². The first-order valence-electron chi connectivity index (χ1n) is 5.83. The fourth-order valence-corrected chi connectivity index (χ4v) is 1.80. The summed E-state index contributed by atoms with van der Waals surface area (Å²) in [7, 11) is 1.72. The molecular weight excluding hydrogens is 208 g/mol. The second-order valence-electron chi connectivity index (χ2n) is 5.22. The maximum atomic E-state index is 11.4. The summed E-state index contributed by atoms with van der Waals surface area (Å²) < 4.78 is 15.6. The molecule has 94 valence electrons. The van der Waals surface area contributed by atoms with Gasteiger partial charge in [-0.1, -0.05) is 0 Å². The van der Waals surface area contributed by atoms with Crippen LogP contribution in [-0.4, -0.2) is 31.1 Å². The fraction of sp³-hybridized carbons (Fsp3) is 0.917. The Kier molecular flexibility index (Phi) is 4.59. The minimum absolute atomic E-state index is 0.0127. The van der Waals surface area contributed by atoms with E-state index in [1.54, 1.807) is 7.11 Å². The van der Waals surface area contributed by atoms with E-state index in [0.29, 0.717) is 6.10 Å². The molecule has 0 aliphatic heterocycles. The largest absolute Gasteiger partial charge is 0.509 e. The van der Waals surface area contributed by atoms with E-state index < -0.39 is 11.8 Å². The van der Waals surface area contributed by atoms with Crippen molar-refractivity contribution in [1.29, 1.82) is 0 Å². The molecule has 1 saturated carbocycles. The molecule has 4 nitrogen and oxygen atoms in total. The second kappa shape index (κ2) is 5.53. The van der Waals surface area contributed by atoms with Crippen LogP contribution in [0.4, 0.5) is 4.79 Å². The number of carbonyl (C=O) groups is 1. The highest BCUT2D eigenvalue weighted by Gasteiger charge is 2.26. The van der Waals surface area contributed by atoms with Crippen molar-refractivity contribution in [3.8, 4) is 0 Å². The van der Waals surface area contributed by atoms with Crippen molar-refractivity contribution < 1.29 is 19.0 Å². The van der Waals surface area contributed by atoms with Gasteiger partial charge in [-0.2, -0.15) is 0 Å². The maximum Gasteiger partial charge on any atom is 0.509 e. The van der Waals surface area contributed by atoms with Crippen LogP contribution >= 0.6 is 0 Å². The molecule has 0 bridgehead atoms. The molecule has 0 saturated heterocycles. The highest BCUT2D eigenvalue weighted by Crippen LogP contribution is 2.23. The highest BCUT2D eigenvalue weighted by molar-refractivity contribution is 5.60. The minimum atomic E-state index is -0.562. The van der Waals surface area contributed by atoms with Gasteiger partial charge in [0.25, 0.3) is 0 Å². The van der Waals surface area contributed by atoms with Crippen LogP contribution in [0.15, 0.2) is 0 Å². The van der Waals surface area contributed by atoms with Crippen LogP contribution in [0.5, 0.6) is 0 Å². The molecule has 0 spiro atoms. The summed E-state index contributed by atoms with van der Waals surface area (Å²) >= 11 is 0. The lowest BCUT2D eigenvalue weighted by molar-refractivity contribution is -0.0460. The third-order valence-corrected chi connectivity index (χ3v) is 2.61. The van der Waals surface area contributed by atoms with E-state index in [-0.39, 0.29) is 6.10 Å². The van der Waals surface area contributed by atoms with Gasteiger partial charge in [0.15, 0.2) is 0 Å². The predicted octanol–water partition coefficient (Wildman–Crippen LogP) is 2.90. The monoisotopic (exact) mass is 230 g/mol. The molecule has 0 atom stereocenters. The van der Waals surface area contributed by atoms with E-state index in [2.05, 4.69) is 0 Å². The maximum absolute atomic E-state index is 11.4. The van der Waals surface area contributed by atoms with E-state index in [4.69, 9.17) is 14.2 Å². The van der Waals surface area contributed by atoms with Gasteiger partial charge >= 0.3 is 6.16 Å². The Morgan fingerprint density at radius 3 is 2.00 bits per heavy atom. The number of rotatable bonds is 2. The van der Waals surface area contributed by atoms with Gasteiger partial charge < -0.3 is 14.2 Å². The number of methoxy groups -OCH3 is 1. The predicted molar refractivity (Wildman–Crippen MR) is 60.4 cm³/mol. The first-order valence-corrected chi connectivity index (χ1v) is 5.83. The van der Waals surface area contributed by atoms with Gasteiger partial charge in [0, 0.05) is 7.11 Å². The molecule has 0 unspecified atom stereocenters. The lowest BCUT2D eigenvalue weighted by Crippen LogP contribution is -2.31. The third kappa shape index (κ3) is 4.84. The van der Waals surface area contributed by atoms with Crippen molar-refractivity contribution in [3.05, 3.63) is 0 Å². The van der Waals surface area contributed by atoms with E-state index in [1.807, 2.05) is 20.8 Å². The number of ether oxygens (including phenoxy) is 3.